The number of nitrogens with two attached hydrogens (primary N) is 1. The van der Waals surface area contributed by atoms with Gasteiger partial charge in [-0.3, -0.25) is 0 Å². The first-order chi connectivity index (χ1) is 14.8. The Labute approximate surface area is 180 Å². The second-order valence-corrected chi connectivity index (χ2v) is 8.35. The van der Waals surface area contributed by atoms with Gasteiger partial charge in [0, 0.05) is 12.5 Å². The second-order valence-electron chi connectivity index (χ2n) is 8.35. The molecule has 2 aromatic heterocycles. The van der Waals surface area contributed by atoms with Gasteiger partial charge in [0.2, 0.25) is 0 Å². The van der Waals surface area contributed by atoms with Crippen LogP contribution in [0.3, 0.4) is 0 Å². The van der Waals surface area contributed by atoms with E-state index in [1.165, 1.54) is 0 Å². The Morgan fingerprint density at radius 1 is 1.16 bits per heavy atom. The van der Waals surface area contributed by atoms with Gasteiger partial charge in [-0.1, -0.05) is 26.7 Å². The predicted molar refractivity (Wildman–Crippen MR) is 116 cm³/mol. The first-order valence-electron chi connectivity index (χ1n) is 10.9. The van der Waals surface area contributed by atoms with E-state index in [2.05, 4.69) is 15.0 Å². The average Bonchev–Trinajstić information content (AvgIpc) is 3.41. The van der Waals surface area contributed by atoms with Crippen LogP contribution in [0.4, 0.5) is 14.6 Å². The molecular weight excluding hydrogens is 400 g/mol. The number of nitrogens with zero attached hydrogens (tertiary/aromatic N) is 4. The summed E-state index contributed by atoms with van der Waals surface area (Å²) >= 11 is 0. The molecule has 31 heavy (non-hydrogen) atoms. The summed E-state index contributed by atoms with van der Waals surface area (Å²) in [7, 11) is 0. The van der Waals surface area contributed by atoms with E-state index < -0.39 is 17.2 Å². The van der Waals surface area contributed by atoms with Crippen LogP contribution in [0.1, 0.15) is 70.7 Å². The van der Waals surface area contributed by atoms with Crippen LogP contribution in [0, 0.1) is 18.1 Å². The molecular formula is C23H28F2N5O. The zero-order valence-electron chi connectivity index (χ0n) is 17.9. The molecule has 165 valence electrons. The number of nitrogen functional groups attached to an aromatic ring is 1. The van der Waals surface area contributed by atoms with Crippen molar-refractivity contribution in [3.05, 3.63) is 42.1 Å². The number of imidazole rings is 1. The molecule has 4 rings (SSSR count). The molecule has 3 aromatic rings. The minimum atomic E-state index is -0.825. The summed E-state index contributed by atoms with van der Waals surface area (Å²) in [4.78, 5) is 13.6. The van der Waals surface area contributed by atoms with Crippen LogP contribution in [-0.4, -0.2) is 30.2 Å². The molecule has 6 nitrogen and oxygen atoms in total. The molecule has 0 spiro atoms. The number of anilines is 1. The van der Waals surface area contributed by atoms with Crippen LogP contribution in [0.5, 0.6) is 0 Å². The van der Waals surface area contributed by atoms with Gasteiger partial charge in [0.25, 0.3) is 0 Å². The standard InChI is InChI=1S/C23H28F2N5O/c1-3-23(31,4-2)12-11-18-27-20(26)19-22(28-18)30(15-7-5-6-8-15)21(29-19)16-13-14(24)9-10-17(16)25/h9-11,13,15,31H,3-8,12H2,1-2H3,(H2,26,27,28). The van der Waals surface area contributed by atoms with Crippen LogP contribution in [0.15, 0.2) is 18.2 Å². The zero-order chi connectivity index (χ0) is 22.2. The van der Waals surface area contributed by atoms with Crippen molar-refractivity contribution in [3.8, 4) is 11.4 Å². The number of aromatic nitrogens is 4. The first-order valence-corrected chi connectivity index (χ1v) is 10.9. The number of benzene rings is 1. The van der Waals surface area contributed by atoms with Crippen molar-refractivity contribution < 1.29 is 13.9 Å². The Kier molecular flexibility index (Phi) is 5.92. The highest BCUT2D eigenvalue weighted by Crippen LogP contribution is 2.38. The lowest BCUT2D eigenvalue weighted by Gasteiger charge is -2.24. The summed E-state index contributed by atoms with van der Waals surface area (Å²) < 4.78 is 30.5. The normalized spacial score (nSPS) is 15.3. The molecule has 1 radical (unpaired) electrons. The molecule has 3 N–H and O–H groups in total. The van der Waals surface area contributed by atoms with E-state index in [1.54, 1.807) is 6.42 Å². The predicted octanol–water partition coefficient (Wildman–Crippen LogP) is 4.96. The topological polar surface area (TPSA) is 89.9 Å². The van der Waals surface area contributed by atoms with Crippen LogP contribution in [-0.2, 0) is 0 Å². The van der Waals surface area contributed by atoms with E-state index in [0.717, 1.165) is 43.9 Å². The first kappa shape index (κ1) is 21.6. The Morgan fingerprint density at radius 2 is 1.87 bits per heavy atom. The van der Waals surface area contributed by atoms with Crippen LogP contribution in [0.25, 0.3) is 22.6 Å². The fourth-order valence-corrected chi connectivity index (χ4v) is 4.29. The van der Waals surface area contributed by atoms with Gasteiger partial charge >= 0.3 is 0 Å². The maximum Gasteiger partial charge on any atom is 0.166 e. The van der Waals surface area contributed by atoms with Gasteiger partial charge in [-0.2, -0.15) is 0 Å². The fourth-order valence-electron chi connectivity index (χ4n) is 4.29. The summed E-state index contributed by atoms with van der Waals surface area (Å²) in [6.07, 6.45) is 7.31. The molecule has 0 amide bonds. The van der Waals surface area contributed by atoms with Crippen molar-refractivity contribution in [2.24, 2.45) is 0 Å². The van der Waals surface area contributed by atoms with E-state index >= 15 is 0 Å². The Hall–Kier alpha value is -2.61. The van der Waals surface area contributed by atoms with E-state index in [1.807, 2.05) is 18.4 Å². The molecule has 0 unspecified atom stereocenters. The summed E-state index contributed by atoms with van der Waals surface area (Å²) in [6, 6.07) is 3.42. The molecule has 0 aliphatic heterocycles. The van der Waals surface area contributed by atoms with Crippen molar-refractivity contribution in [2.75, 3.05) is 5.73 Å². The summed E-state index contributed by atoms with van der Waals surface area (Å²) in [5, 5.41) is 10.6. The number of fused-ring (bicyclic) bond motifs is 1. The van der Waals surface area contributed by atoms with E-state index in [0.29, 0.717) is 42.1 Å². The van der Waals surface area contributed by atoms with Crippen LogP contribution >= 0.6 is 0 Å². The van der Waals surface area contributed by atoms with Crippen molar-refractivity contribution in [2.45, 2.75) is 70.4 Å². The van der Waals surface area contributed by atoms with Gasteiger partial charge in [-0.05, 0) is 50.3 Å². The third-order valence-corrected chi connectivity index (χ3v) is 6.42. The van der Waals surface area contributed by atoms with Gasteiger partial charge in [-0.25, -0.2) is 23.7 Å². The third kappa shape index (κ3) is 4.13. The fraction of sp³-hybridized carbons (Fsp3) is 0.478. The minimum absolute atomic E-state index is 0.0769. The quantitative estimate of drug-likeness (QED) is 0.555. The molecule has 1 aromatic carbocycles. The number of aliphatic hydroxyl groups is 1. The molecule has 1 fully saturated rings. The van der Waals surface area contributed by atoms with Gasteiger partial charge < -0.3 is 15.4 Å². The highest BCUT2D eigenvalue weighted by molar-refractivity contribution is 5.86. The van der Waals surface area contributed by atoms with Gasteiger partial charge in [0.1, 0.15) is 23.3 Å². The second kappa shape index (κ2) is 8.49. The minimum Gasteiger partial charge on any atom is -0.390 e. The molecule has 1 aliphatic rings. The monoisotopic (exact) mass is 428 g/mol. The SMILES string of the molecule is CCC(O)(CC)C[CH]c1nc(N)c2nc(-c3cc(F)ccc3F)n(C3CCCC3)c2n1. The average molecular weight is 429 g/mol. The molecule has 1 aliphatic carbocycles. The lowest BCUT2D eigenvalue weighted by molar-refractivity contribution is 0.0321. The lowest BCUT2D eigenvalue weighted by atomic mass is 9.92. The van der Waals surface area contributed by atoms with Crippen molar-refractivity contribution in [3.63, 3.8) is 0 Å². The zero-order valence-corrected chi connectivity index (χ0v) is 17.9. The summed E-state index contributed by atoms with van der Waals surface area (Å²) in [5.74, 6) is -0.188. The smallest absolute Gasteiger partial charge is 0.166 e. The number of halogens is 2. The largest absolute Gasteiger partial charge is 0.390 e. The number of rotatable bonds is 7. The van der Waals surface area contributed by atoms with Gasteiger partial charge in [0.05, 0.1) is 11.2 Å². The Morgan fingerprint density at radius 3 is 2.55 bits per heavy atom. The molecule has 0 atom stereocenters. The van der Waals surface area contributed by atoms with Gasteiger partial charge in [0.15, 0.2) is 17.0 Å². The molecule has 8 heteroatoms. The molecule has 0 saturated heterocycles. The summed E-state index contributed by atoms with van der Waals surface area (Å²) in [5.41, 5.74) is 6.36. The summed E-state index contributed by atoms with van der Waals surface area (Å²) in [6.45, 7) is 3.87. The third-order valence-electron chi connectivity index (χ3n) is 6.42. The molecule has 2 heterocycles. The van der Waals surface area contributed by atoms with E-state index in [4.69, 9.17) is 5.73 Å². The van der Waals surface area contributed by atoms with Crippen LogP contribution in [0.2, 0.25) is 0 Å². The number of hydrogen-bond acceptors (Lipinski definition) is 5. The highest BCUT2D eigenvalue weighted by atomic mass is 19.1. The maximum absolute atomic E-state index is 14.6. The van der Waals surface area contributed by atoms with E-state index in [-0.39, 0.29) is 17.4 Å². The molecule has 0 bridgehead atoms. The van der Waals surface area contributed by atoms with Crippen LogP contribution < -0.4 is 5.73 Å². The Bertz CT molecular complexity index is 1090. The Balaban J connectivity index is 1.85. The number of hydrogen-bond donors (Lipinski definition) is 2. The lowest BCUT2D eigenvalue weighted by Crippen LogP contribution is -2.26. The highest BCUT2D eigenvalue weighted by Gasteiger charge is 2.28. The van der Waals surface area contributed by atoms with E-state index in [9.17, 15) is 13.9 Å². The molecule has 1 saturated carbocycles. The van der Waals surface area contributed by atoms with Crippen molar-refractivity contribution >= 4 is 17.0 Å². The van der Waals surface area contributed by atoms with Crippen molar-refractivity contribution in [1.82, 2.24) is 19.5 Å². The van der Waals surface area contributed by atoms with Gasteiger partial charge in [-0.15, -0.1) is 0 Å². The maximum atomic E-state index is 14.6. The van der Waals surface area contributed by atoms with Crippen molar-refractivity contribution in [1.29, 1.82) is 0 Å².